The van der Waals surface area contributed by atoms with Crippen molar-refractivity contribution < 1.29 is 43.8 Å². The summed E-state index contributed by atoms with van der Waals surface area (Å²) in [5, 5.41) is 36.0. The van der Waals surface area contributed by atoms with Gasteiger partial charge in [-0.05, 0) is 44.4 Å². The quantitative estimate of drug-likeness (QED) is 0.398. The largest absolute Gasteiger partial charge is 0.508 e. The fraction of sp³-hybridized carbons (Fsp3) is 0.615. The summed E-state index contributed by atoms with van der Waals surface area (Å²) in [4.78, 5) is 11.8. The van der Waals surface area contributed by atoms with E-state index in [1.807, 2.05) is 58.9 Å². The van der Waals surface area contributed by atoms with E-state index in [-0.39, 0.29) is 24.4 Å². The van der Waals surface area contributed by atoms with Crippen LogP contribution in [0.1, 0.15) is 50.6 Å². The Morgan fingerprint density at radius 2 is 1.73 bits per heavy atom. The zero-order valence-corrected chi connectivity index (χ0v) is 22.2. The monoisotopic (exact) mass is 522 g/mol. The van der Waals surface area contributed by atoms with E-state index in [2.05, 4.69) is 5.10 Å². The minimum Gasteiger partial charge on any atom is -0.497 e. The van der Waals surface area contributed by atoms with Crippen LogP contribution in [0.4, 0.5) is 4.79 Å². The van der Waals surface area contributed by atoms with E-state index in [4.69, 9.17) is 23.7 Å². The number of hydrogen-bond acceptors (Lipinski definition) is 10. The molecule has 2 heterocycles. The number of benzene rings is 1. The number of rotatable bonds is 10. The third-order valence-electron chi connectivity index (χ3n) is 6.06. The van der Waals surface area contributed by atoms with Gasteiger partial charge >= 0.3 is 6.16 Å². The first kappa shape index (κ1) is 28.7. The van der Waals surface area contributed by atoms with Gasteiger partial charge in [-0.25, -0.2) is 4.79 Å². The second-order valence-corrected chi connectivity index (χ2v) is 9.83. The normalized spacial score (nSPS) is 23.8. The molecule has 2 aromatic rings. The summed E-state index contributed by atoms with van der Waals surface area (Å²) in [7, 11) is 1.60. The van der Waals surface area contributed by atoms with Crippen molar-refractivity contribution in [3.8, 4) is 11.6 Å². The van der Waals surface area contributed by atoms with Gasteiger partial charge < -0.3 is 39.0 Å². The molecule has 1 aliphatic rings. The highest BCUT2D eigenvalue weighted by Crippen LogP contribution is 2.31. The maximum absolute atomic E-state index is 11.8. The molecule has 0 amide bonds. The van der Waals surface area contributed by atoms with Crippen LogP contribution in [0.25, 0.3) is 0 Å². The third kappa shape index (κ3) is 7.13. The summed E-state index contributed by atoms with van der Waals surface area (Å²) in [5.41, 5.74) is 2.64. The highest BCUT2D eigenvalue weighted by molar-refractivity contribution is 5.59. The molecule has 1 fully saturated rings. The lowest BCUT2D eigenvalue weighted by molar-refractivity contribution is -0.278. The van der Waals surface area contributed by atoms with Crippen LogP contribution in [0, 0.1) is 12.8 Å². The standard InChI is InChI=1S/C26H38N2O9/c1-14(2)12-34-26(32)35-13-20-21(29)22(30)23(31)25(36-20)37-24-19(16(5)28(27-24)15(3)4)11-17-7-9-18(33-6)10-8-17/h7-10,14-15,20-23,25,29-31H,11-13H2,1-6H3/t20-,21-,22+,23-,25+/m1/s1. The molecule has 206 valence electrons. The number of aliphatic hydroxyl groups excluding tert-OH is 3. The molecule has 3 rings (SSSR count). The van der Waals surface area contributed by atoms with Gasteiger partial charge in [-0.1, -0.05) is 26.0 Å². The van der Waals surface area contributed by atoms with Gasteiger partial charge in [0, 0.05) is 23.7 Å². The molecule has 0 spiro atoms. The van der Waals surface area contributed by atoms with Crippen LogP contribution in [0.5, 0.6) is 11.6 Å². The number of nitrogens with zero attached hydrogens (tertiary/aromatic N) is 2. The van der Waals surface area contributed by atoms with Crippen molar-refractivity contribution in [3.05, 3.63) is 41.1 Å². The van der Waals surface area contributed by atoms with Crippen LogP contribution >= 0.6 is 0 Å². The molecule has 0 unspecified atom stereocenters. The van der Waals surface area contributed by atoms with E-state index in [9.17, 15) is 20.1 Å². The maximum atomic E-state index is 11.8. The summed E-state index contributed by atoms with van der Waals surface area (Å²) in [6, 6.07) is 7.63. The SMILES string of the molecule is COc1ccc(Cc2c(O[C@@H]3O[C@H](COC(=O)OCC(C)C)[C@@H](O)[C@H](O)[C@H]3O)nn(C(C)C)c2C)cc1. The molecule has 37 heavy (non-hydrogen) atoms. The number of hydrogen-bond donors (Lipinski definition) is 3. The van der Waals surface area contributed by atoms with Crippen molar-refractivity contribution >= 4 is 6.16 Å². The van der Waals surface area contributed by atoms with E-state index in [0.29, 0.717) is 6.42 Å². The molecule has 1 aromatic carbocycles. The summed E-state index contributed by atoms with van der Waals surface area (Å²) < 4.78 is 28.8. The Labute approximate surface area is 216 Å². The summed E-state index contributed by atoms with van der Waals surface area (Å²) >= 11 is 0. The summed E-state index contributed by atoms with van der Waals surface area (Å²) in [6.45, 7) is 9.43. The predicted octanol–water partition coefficient (Wildman–Crippen LogP) is 2.37. The number of aromatic nitrogens is 2. The van der Waals surface area contributed by atoms with Crippen molar-refractivity contribution in [2.45, 2.75) is 77.8 Å². The molecule has 0 bridgehead atoms. The Morgan fingerprint density at radius 3 is 2.32 bits per heavy atom. The van der Waals surface area contributed by atoms with Crippen LogP contribution in [0.15, 0.2) is 24.3 Å². The molecule has 5 atom stereocenters. The van der Waals surface area contributed by atoms with E-state index in [1.54, 1.807) is 11.8 Å². The van der Waals surface area contributed by atoms with Crippen molar-refractivity contribution in [1.29, 1.82) is 0 Å². The highest BCUT2D eigenvalue weighted by atomic mass is 16.7. The van der Waals surface area contributed by atoms with Crippen LogP contribution in [0.3, 0.4) is 0 Å². The second-order valence-electron chi connectivity index (χ2n) is 9.83. The molecule has 1 aromatic heterocycles. The van der Waals surface area contributed by atoms with E-state index >= 15 is 0 Å². The van der Waals surface area contributed by atoms with E-state index in [0.717, 1.165) is 22.6 Å². The fourth-order valence-electron chi connectivity index (χ4n) is 3.96. The molecule has 11 heteroatoms. The zero-order chi connectivity index (χ0) is 27.3. The first-order valence-corrected chi connectivity index (χ1v) is 12.4. The maximum Gasteiger partial charge on any atom is 0.508 e. The third-order valence-corrected chi connectivity index (χ3v) is 6.06. The molecular formula is C26H38N2O9. The lowest BCUT2D eigenvalue weighted by atomic mass is 9.99. The molecule has 1 aliphatic heterocycles. The summed E-state index contributed by atoms with van der Waals surface area (Å²) in [5.74, 6) is 1.09. The average Bonchev–Trinajstić information content (AvgIpc) is 3.17. The lowest BCUT2D eigenvalue weighted by Crippen LogP contribution is -2.60. The van der Waals surface area contributed by atoms with Gasteiger partial charge in [0.15, 0.2) is 0 Å². The zero-order valence-electron chi connectivity index (χ0n) is 22.2. The van der Waals surface area contributed by atoms with Crippen molar-refractivity contribution in [2.75, 3.05) is 20.3 Å². The molecule has 1 saturated heterocycles. The van der Waals surface area contributed by atoms with Gasteiger partial charge in [-0.2, -0.15) is 0 Å². The summed E-state index contributed by atoms with van der Waals surface area (Å²) in [6.07, 6.45) is -7.65. The van der Waals surface area contributed by atoms with Gasteiger partial charge in [0.2, 0.25) is 12.2 Å². The Hall–Kier alpha value is -2.86. The number of aliphatic hydroxyl groups is 3. The molecule has 0 saturated carbocycles. The van der Waals surface area contributed by atoms with E-state index in [1.165, 1.54) is 0 Å². The van der Waals surface area contributed by atoms with Gasteiger partial charge in [-0.3, -0.25) is 4.68 Å². The average molecular weight is 523 g/mol. The van der Waals surface area contributed by atoms with Gasteiger partial charge in [0.1, 0.15) is 36.8 Å². The lowest BCUT2D eigenvalue weighted by Gasteiger charge is -2.39. The Balaban J connectivity index is 1.78. The molecule has 3 N–H and O–H groups in total. The molecule has 0 aliphatic carbocycles. The number of methoxy groups -OCH3 is 1. The number of carbonyl (C=O) groups excluding carboxylic acids is 1. The second kappa shape index (κ2) is 12.6. The molecular weight excluding hydrogens is 484 g/mol. The van der Waals surface area contributed by atoms with Crippen molar-refractivity contribution in [2.24, 2.45) is 5.92 Å². The minimum absolute atomic E-state index is 0.0366. The van der Waals surface area contributed by atoms with Crippen LogP contribution in [-0.4, -0.2) is 82.3 Å². The van der Waals surface area contributed by atoms with Gasteiger partial charge in [0.05, 0.1) is 13.7 Å². The predicted molar refractivity (Wildman–Crippen MR) is 133 cm³/mol. The van der Waals surface area contributed by atoms with Gasteiger partial charge in [-0.15, -0.1) is 5.10 Å². The topological polar surface area (TPSA) is 142 Å². The Kier molecular flexibility index (Phi) is 9.77. The highest BCUT2D eigenvalue weighted by Gasteiger charge is 2.46. The van der Waals surface area contributed by atoms with Gasteiger partial charge in [0.25, 0.3) is 0 Å². The molecule has 0 radical (unpaired) electrons. The van der Waals surface area contributed by atoms with Crippen LogP contribution in [0.2, 0.25) is 0 Å². The first-order chi connectivity index (χ1) is 17.5. The smallest absolute Gasteiger partial charge is 0.497 e. The number of carbonyl (C=O) groups is 1. The van der Waals surface area contributed by atoms with Crippen molar-refractivity contribution in [3.63, 3.8) is 0 Å². The van der Waals surface area contributed by atoms with E-state index < -0.39 is 43.5 Å². The van der Waals surface area contributed by atoms with Crippen molar-refractivity contribution in [1.82, 2.24) is 9.78 Å². The Bertz CT molecular complexity index is 1020. The van der Waals surface area contributed by atoms with Crippen LogP contribution in [-0.2, 0) is 20.6 Å². The fourth-order valence-corrected chi connectivity index (χ4v) is 3.96. The Morgan fingerprint density at radius 1 is 1.05 bits per heavy atom. The first-order valence-electron chi connectivity index (χ1n) is 12.4. The number of ether oxygens (including phenoxy) is 5. The molecule has 11 nitrogen and oxygen atoms in total. The minimum atomic E-state index is -1.60. The van der Waals surface area contributed by atoms with Crippen LogP contribution < -0.4 is 9.47 Å².